The molecule has 0 fully saturated rings. The fourth-order valence-corrected chi connectivity index (χ4v) is 1.96. The summed E-state index contributed by atoms with van der Waals surface area (Å²) in [6.07, 6.45) is -2.94. The maximum absolute atomic E-state index is 12.7. The maximum atomic E-state index is 12.7. The van der Waals surface area contributed by atoms with Crippen LogP contribution in [-0.2, 0) is 12.8 Å². The van der Waals surface area contributed by atoms with Crippen molar-refractivity contribution in [2.24, 2.45) is 0 Å². The van der Waals surface area contributed by atoms with E-state index in [4.69, 9.17) is 10.5 Å². The van der Waals surface area contributed by atoms with Crippen molar-refractivity contribution in [3.8, 4) is 5.75 Å². The number of nitrogen functional groups attached to an aromatic ring is 1. The third-order valence-corrected chi connectivity index (χ3v) is 2.93. The number of thiazole rings is 1. The summed E-state index contributed by atoms with van der Waals surface area (Å²) < 4.78 is 43.2. The highest BCUT2D eigenvalue weighted by molar-refractivity contribution is 7.15. The summed E-state index contributed by atoms with van der Waals surface area (Å²) in [7, 11) is 0. The van der Waals surface area contributed by atoms with Gasteiger partial charge in [0.15, 0.2) is 5.13 Å². The second-order valence-corrected chi connectivity index (χ2v) is 4.59. The monoisotopic (exact) mass is 274 g/mol. The summed E-state index contributed by atoms with van der Waals surface area (Å²) in [6.45, 7) is 0.0158. The van der Waals surface area contributed by atoms with Crippen LogP contribution in [0.25, 0.3) is 0 Å². The van der Waals surface area contributed by atoms with Gasteiger partial charge in [-0.3, -0.25) is 0 Å². The third kappa shape index (κ3) is 2.92. The molecule has 0 atom stereocenters. The van der Waals surface area contributed by atoms with Gasteiger partial charge in [0.1, 0.15) is 12.4 Å². The summed E-state index contributed by atoms with van der Waals surface area (Å²) in [5, 5.41) is 0.359. The third-order valence-electron chi connectivity index (χ3n) is 2.13. The standard InChI is InChI=1S/C11H9F3N2OS/c12-11(13,14)8-3-1-2-4-9(8)17-6-7-5-16-10(15)18-7/h1-5H,6H2,(H2,15,16). The molecule has 2 N–H and O–H groups in total. The summed E-state index contributed by atoms with van der Waals surface area (Å²) in [4.78, 5) is 4.46. The van der Waals surface area contributed by atoms with Crippen LogP contribution in [0.1, 0.15) is 10.4 Å². The van der Waals surface area contributed by atoms with Crippen molar-refractivity contribution in [3.63, 3.8) is 0 Å². The first-order valence-electron chi connectivity index (χ1n) is 4.96. The van der Waals surface area contributed by atoms with Crippen LogP contribution in [0.2, 0.25) is 0 Å². The Morgan fingerprint density at radius 1 is 1.28 bits per heavy atom. The van der Waals surface area contributed by atoms with Crippen LogP contribution < -0.4 is 10.5 Å². The molecule has 0 spiro atoms. The Kier molecular flexibility index (Phi) is 3.42. The lowest BCUT2D eigenvalue weighted by Gasteiger charge is -2.12. The topological polar surface area (TPSA) is 48.1 Å². The Morgan fingerprint density at radius 3 is 2.61 bits per heavy atom. The number of para-hydroxylation sites is 1. The van der Waals surface area contributed by atoms with E-state index in [9.17, 15) is 13.2 Å². The van der Waals surface area contributed by atoms with Crippen LogP contribution >= 0.6 is 11.3 Å². The molecular formula is C11H9F3N2OS. The number of nitrogens with zero attached hydrogens (tertiary/aromatic N) is 1. The number of hydrogen-bond donors (Lipinski definition) is 1. The van der Waals surface area contributed by atoms with Crippen LogP contribution in [0, 0.1) is 0 Å². The maximum Gasteiger partial charge on any atom is 0.419 e. The molecule has 0 aliphatic heterocycles. The highest BCUT2D eigenvalue weighted by Crippen LogP contribution is 2.36. The zero-order chi connectivity index (χ0) is 13.2. The average Bonchev–Trinajstić information content (AvgIpc) is 2.72. The lowest BCUT2D eigenvalue weighted by atomic mass is 10.2. The molecule has 0 unspecified atom stereocenters. The minimum Gasteiger partial charge on any atom is -0.487 e. The minimum absolute atomic E-state index is 0.0158. The van der Waals surface area contributed by atoms with Crippen molar-refractivity contribution >= 4 is 16.5 Å². The van der Waals surface area contributed by atoms with Crippen LogP contribution in [0.15, 0.2) is 30.5 Å². The van der Waals surface area contributed by atoms with Crippen molar-refractivity contribution in [1.29, 1.82) is 0 Å². The molecule has 2 rings (SSSR count). The molecule has 0 saturated carbocycles. The summed E-state index contributed by atoms with van der Waals surface area (Å²) in [5.41, 5.74) is 4.63. The molecule has 0 radical (unpaired) electrons. The quantitative estimate of drug-likeness (QED) is 0.934. The largest absolute Gasteiger partial charge is 0.487 e. The zero-order valence-electron chi connectivity index (χ0n) is 9.07. The minimum atomic E-state index is -4.43. The number of anilines is 1. The van der Waals surface area contributed by atoms with E-state index in [1.807, 2.05) is 0 Å². The first-order chi connectivity index (χ1) is 8.47. The van der Waals surface area contributed by atoms with Gasteiger partial charge in [-0.1, -0.05) is 23.5 Å². The van der Waals surface area contributed by atoms with Crippen LogP contribution in [0.4, 0.5) is 18.3 Å². The summed E-state index contributed by atoms with van der Waals surface area (Å²) in [5.74, 6) is -0.197. The molecule has 1 aromatic carbocycles. The van der Waals surface area contributed by atoms with E-state index in [1.165, 1.54) is 35.7 Å². The SMILES string of the molecule is Nc1ncc(COc2ccccc2C(F)(F)F)s1. The van der Waals surface area contributed by atoms with Crippen LogP contribution in [0.3, 0.4) is 0 Å². The zero-order valence-corrected chi connectivity index (χ0v) is 9.89. The number of alkyl halides is 3. The van der Waals surface area contributed by atoms with E-state index in [-0.39, 0.29) is 12.4 Å². The molecule has 0 aliphatic rings. The number of halogens is 3. The van der Waals surface area contributed by atoms with Gasteiger partial charge in [0.2, 0.25) is 0 Å². The van der Waals surface area contributed by atoms with Crippen molar-refractivity contribution in [2.45, 2.75) is 12.8 Å². The van der Waals surface area contributed by atoms with Gasteiger partial charge in [-0.05, 0) is 12.1 Å². The first-order valence-corrected chi connectivity index (χ1v) is 5.77. The highest BCUT2D eigenvalue weighted by Gasteiger charge is 2.33. The van der Waals surface area contributed by atoms with Crippen molar-refractivity contribution in [3.05, 3.63) is 40.9 Å². The first kappa shape index (κ1) is 12.7. The molecule has 1 aromatic heterocycles. The predicted octanol–water partition coefficient (Wildman–Crippen LogP) is 3.32. The predicted molar refractivity (Wildman–Crippen MR) is 62.3 cm³/mol. The van der Waals surface area contributed by atoms with E-state index in [0.29, 0.717) is 10.0 Å². The Labute approximate surface area is 105 Å². The smallest absolute Gasteiger partial charge is 0.419 e. The number of ether oxygens (including phenoxy) is 1. The molecule has 0 aliphatic carbocycles. The van der Waals surface area contributed by atoms with E-state index in [1.54, 1.807) is 0 Å². The molecule has 7 heteroatoms. The second-order valence-electron chi connectivity index (χ2n) is 3.45. The molecule has 18 heavy (non-hydrogen) atoms. The molecule has 2 aromatic rings. The molecule has 0 saturated heterocycles. The van der Waals surface area contributed by atoms with Gasteiger partial charge in [0.05, 0.1) is 10.4 Å². The fourth-order valence-electron chi connectivity index (χ4n) is 1.36. The average molecular weight is 274 g/mol. The summed E-state index contributed by atoms with van der Waals surface area (Å²) >= 11 is 1.18. The number of benzene rings is 1. The Morgan fingerprint density at radius 2 is 2.00 bits per heavy atom. The van der Waals surface area contributed by atoms with Crippen molar-refractivity contribution in [1.82, 2.24) is 4.98 Å². The Hall–Kier alpha value is -1.76. The second kappa shape index (κ2) is 4.85. The molecule has 96 valence electrons. The lowest BCUT2D eigenvalue weighted by molar-refractivity contribution is -0.139. The number of hydrogen-bond acceptors (Lipinski definition) is 4. The molecule has 0 bridgehead atoms. The van der Waals surface area contributed by atoms with Gasteiger partial charge in [-0.15, -0.1) is 0 Å². The summed E-state index contributed by atoms with van der Waals surface area (Å²) in [6, 6.07) is 5.08. The fraction of sp³-hybridized carbons (Fsp3) is 0.182. The molecule has 3 nitrogen and oxygen atoms in total. The number of nitrogens with two attached hydrogens (primary N) is 1. The van der Waals surface area contributed by atoms with Gasteiger partial charge in [0.25, 0.3) is 0 Å². The number of aromatic nitrogens is 1. The van der Waals surface area contributed by atoms with E-state index >= 15 is 0 Å². The van der Waals surface area contributed by atoms with Crippen LogP contribution in [0.5, 0.6) is 5.75 Å². The van der Waals surface area contributed by atoms with Gasteiger partial charge in [-0.2, -0.15) is 13.2 Å². The van der Waals surface area contributed by atoms with E-state index in [0.717, 1.165) is 6.07 Å². The van der Waals surface area contributed by atoms with Crippen molar-refractivity contribution < 1.29 is 17.9 Å². The molecular weight excluding hydrogens is 265 g/mol. The van der Waals surface area contributed by atoms with Crippen molar-refractivity contribution in [2.75, 3.05) is 5.73 Å². The van der Waals surface area contributed by atoms with Crippen LogP contribution in [-0.4, -0.2) is 4.98 Å². The van der Waals surface area contributed by atoms with Gasteiger partial charge in [-0.25, -0.2) is 4.98 Å². The Balaban J connectivity index is 2.14. The van der Waals surface area contributed by atoms with Gasteiger partial charge < -0.3 is 10.5 Å². The number of rotatable bonds is 3. The van der Waals surface area contributed by atoms with E-state index in [2.05, 4.69) is 4.98 Å². The molecule has 0 amide bonds. The molecule has 1 heterocycles. The van der Waals surface area contributed by atoms with Gasteiger partial charge >= 0.3 is 6.18 Å². The highest BCUT2D eigenvalue weighted by atomic mass is 32.1. The Bertz CT molecular complexity index is 539. The van der Waals surface area contributed by atoms with E-state index < -0.39 is 11.7 Å². The normalized spacial score (nSPS) is 11.5. The lowest BCUT2D eigenvalue weighted by Crippen LogP contribution is -2.08. The van der Waals surface area contributed by atoms with Gasteiger partial charge in [0, 0.05) is 6.20 Å².